The van der Waals surface area contributed by atoms with E-state index in [0.717, 1.165) is 11.4 Å². The van der Waals surface area contributed by atoms with Gasteiger partial charge in [-0.3, -0.25) is 0 Å². The number of fused-ring (bicyclic) bond motifs is 7. The first-order valence-electron chi connectivity index (χ1n) is 24.6. The zero-order chi connectivity index (χ0) is 47.7. The third kappa shape index (κ3) is 7.01. The molecule has 68 heavy (non-hydrogen) atoms. The van der Waals surface area contributed by atoms with E-state index in [1.54, 1.807) is 0 Å². The third-order valence-corrected chi connectivity index (χ3v) is 14.8. The Labute approximate surface area is 405 Å². The van der Waals surface area contributed by atoms with Gasteiger partial charge in [0.2, 0.25) is 0 Å². The van der Waals surface area contributed by atoms with E-state index in [9.17, 15) is 0 Å². The summed E-state index contributed by atoms with van der Waals surface area (Å²) in [6.07, 6.45) is 0. The fourth-order valence-electron chi connectivity index (χ4n) is 11.0. The Morgan fingerprint density at radius 3 is 1.68 bits per heavy atom. The number of nitrogens with zero attached hydrogens (tertiary/aromatic N) is 3. The summed E-state index contributed by atoms with van der Waals surface area (Å²) in [4.78, 5) is 5.10. The second-order valence-corrected chi connectivity index (χ2v) is 23.5. The van der Waals surface area contributed by atoms with E-state index in [2.05, 4.69) is 267 Å². The Morgan fingerprint density at radius 1 is 0.426 bits per heavy atom. The van der Waals surface area contributed by atoms with Crippen molar-refractivity contribution in [1.82, 2.24) is 4.48 Å². The Kier molecular flexibility index (Phi) is 9.90. The molecule has 3 nitrogen and oxygen atoms in total. The zero-order valence-electron chi connectivity index (χ0n) is 42.1. The molecule has 0 atom stereocenters. The molecule has 2 aliphatic rings. The average molecular weight is 886 g/mol. The van der Waals surface area contributed by atoms with E-state index in [4.69, 9.17) is 0 Å². The predicted molar refractivity (Wildman–Crippen MR) is 295 cm³/mol. The maximum atomic E-state index is 2.75. The lowest BCUT2D eigenvalue weighted by molar-refractivity contribution is 0.590. The highest BCUT2D eigenvalue weighted by Crippen LogP contribution is 2.52. The number of benzene rings is 8. The van der Waals surface area contributed by atoms with Crippen LogP contribution in [0.3, 0.4) is 0 Å². The van der Waals surface area contributed by atoms with Crippen LogP contribution in [0.25, 0.3) is 44.1 Å². The number of hydrogen-bond donors (Lipinski definition) is 0. The quantitative estimate of drug-likeness (QED) is 0.160. The van der Waals surface area contributed by atoms with E-state index in [0.29, 0.717) is 0 Å². The molecule has 0 saturated heterocycles. The lowest BCUT2D eigenvalue weighted by Gasteiger charge is -2.42. The van der Waals surface area contributed by atoms with Gasteiger partial charge in [0.1, 0.15) is 0 Å². The maximum absolute atomic E-state index is 2.75. The Morgan fingerprint density at radius 2 is 1.01 bits per heavy atom. The molecule has 0 bridgehead atoms. The number of anilines is 6. The van der Waals surface area contributed by atoms with Crippen molar-refractivity contribution >= 4 is 73.7 Å². The molecule has 4 heteroatoms. The molecule has 2 aliphatic heterocycles. The molecule has 9 aromatic rings. The number of hydrogen-bond acceptors (Lipinski definition) is 2. The van der Waals surface area contributed by atoms with Crippen LogP contribution < -0.4 is 20.7 Å². The summed E-state index contributed by atoms with van der Waals surface area (Å²) in [5.74, 6) is 0. The molecule has 8 aromatic carbocycles. The molecular weight excluding hydrogens is 822 g/mol. The molecule has 0 unspecified atom stereocenters. The topological polar surface area (TPSA) is 11.4 Å². The fraction of sp³-hybridized carbons (Fsp3) is 0.250. The second kappa shape index (κ2) is 15.4. The molecule has 3 heterocycles. The first kappa shape index (κ1) is 43.8. The second-order valence-electron chi connectivity index (χ2n) is 23.5. The van der Waals surface area contributed by atoms with Gasteiger partial charge in [0.05, 0.1) is 11.4 Å². The summed E-state index contributed by atoms with van der Waals surface area (Å²) < 4.78 is 2.75. The molecule has 0 fully saturated rings. The van der Waals surface area contributed by atoms with Crippen LogP contribution in [0.2, 0.25) is 0 Å². The normalized spacial score (nSPS) is 13.5. The summed E-state index contributed by atoms with van der Waals surface area (Å²) in [7, 11) is 0. The molecule has 0 amide bonds. The molecule has 0 spiro atoms. The largest absolute Gasteiger partial charge is 0.375 e. The monoisotopic (exact) mass is 886 g/mol. The van der Waals surface area contributed by atoms with Gasteiger partial charge in [0.15, 0.2) is 0 Å². The molecule has 0 aliphatic carbocycles. The first-order chi connectivity index (χ1) is 32.3. The van der Waals surface area contributed by atoms with Crippen LogP contribution in [0.15, 0.2) is 170 Å². The van der Waals surface area contributed by atoms with E-state index in [-0.39, 0.29) is 28.5 Å². The molecule has 0 N–H and O–H groups in total. The van der Waals surface area contributed by atoms with E-state index in [1.165, 1.54) is 100.0 Å². The molecule has 0 radical (unpaired) electrons. The Hall–Kier alpha value is -6.78. The minimum atomic E-state index is -0.102. The highest BCUT2D eigenvalue weighted by atomic mass is 15.2. The average Bonchev–Trinajstić information content (AvgIpc) is 3.65. The zero-order valence-corrected chi connectivity index (χ0v) is 42.1. The number of para-hydroxylation sites is 2. The van der Waals surface area contributed by atoms with Gasteiger partial charge >= 0.3 is 6.85 Å². The number of aromatic nitrogens is 1. The van der Waals surface area contributed by atoms with Crippen molar-refractivity contribution in [2.24, 2.45) is 0 Å². The summed E-state index contributed by atoms with van der Waals surface area (Å²) in [5, 5.41) is 2.55. The van der Waals surface area contributed by atoms with Crippen LogP contribution in [0.1, 0.15) is 105 Å². The minimum Gasteiger partial charge on any atom is -0.375 e. The lowest BCUT2D eigenvalue weighted by Crippen LogP contribution is -2.57. The van der Waals surface area contributed by atoms with Crippen molar-refractivity contribution < 1.29 is 0 Å². The van der Waals surface area contributed by atoms with Crippen LogP contribution >= 0.6 is 0 Å². The van der Waals surface area contributed by atoms with Gasteiger partial charge in [-0.1, -0.05) is 192 Å². The highest BCUT2D eigenvalue weighted by Gasteiger charge is 2.45. The van der Waals surface area contributed by atoms with Gasteiger partial charge in [-0.25, -0.2) is 0 Å². The van der Waals surface area contributed by atoms with Gasteiger partial charge in [0.25, 0.3) is 0 Å². The predicted octanol–water partition coefficient (Wildman–Crippen LogP) is 16.5. The van der Waals surface area contributed by atoms with Crippen molar-refractivity contribution in [3.63, 3.8) is 0 Å². The van der Waals surface area contributed by atoms with Crippen LogP contribution in [-0.2, 0) is 21.7 Å². The Balaban J connectivity index is 1.30. The highest BCUT2D eigenvalue weighted by molar-refractivity contribution is 6.90. The van der Waals surface area contributed by atoms with Gasteiger partial charge in [-0.15, -0.1) is 0 Å². The molecule has 1 aromatic heterocycles. The standard InChI is InChI=1S/C64H64BN3/c1-61(2,3)42-27-31-47(32-28-42)67-55-35-30-44(63(7,8)9)39-52(55)65-59-50(38-45(40-57(59)67)64(10,11)12)49-33-36-56(58-51-37-43(62(4,5)6)29-34-54(51)68(65)60(49)58)66(46-23-17-14-18-24-46)53-26-20-19-25-48(53)41-21-15-13-16-22-41/h13-40H,1-12H3. The van der Waals surface area contributed by atoms with E-state index in [1.807, 2.05) is 0 Å². The van der Waals surface area contributed by atoms with Crippen LogP contribution in [0.4, 0.5) is 34.1 Å². The van der Waals surface area contributed by atoms with Crippen molar-refractivity contribution in [1.29, 1.82) is 0 Å². The molecule has 11 rings (SSSR count). The van der Waals surface area contributed by atoms with E-state index >= 15 is 0 Å². The summed E-state index contributed by atoms with van der Waals surface area (Å²) in [6.45, 7) is 28.0. The first-order valence-corrected chi connectivity index (χ1v) is 24.6. The third-order valence-electron chi connectivity index (χ3n) is 14.8. The summed E-state index contributed by atoms with van der Waals surface area (Å²) in [5.41, 5.74) is 22.5. The summed E-state index contributed by atoms with van der Waals surface area (Å²) in [6, 6.07) is 64.8. The lowest BCUT2D eigenvalue weighted by atomic mass is 9.44. The summed E-state index contributed by atoms with van der Waals surface area (Å²) >= 11 is 0. The van der Waals surface area contributed by atoms with Crippen LogP contribution in [-0.4, -0.2) is 11.3 Å². The number of rotatable bonds is 5. The van der Waals surface area contributed by atoms with Crippen LogP contribution in [0, 0.1) is 0 Å². The van der Waals surface area contributed by atoms with E-state index < -0.39 is 0 Å². The van der Waals surface area contributed by atoms with Crippen molar-refractivity contribution in [2.75, 3.05) is 9.80 Å². The molecular formula is C64H64BN3. The van der Waals surface area contributed by atoms with Crippen molar-refractivity contribution in [3.05, 3.63) is 192 Å². The smallest absolute Gasteiger partial charge is 0.333 e. The van der Waals surface area contributed by atoms with Gasteiger partial charge in [-0.05, 0) is 127 Å². The molecule has 0 saturated carbocycles. The van der Waals surface area contributed by atoms with Crippen molar-refractivity contribution in [3.8, 4) is 22.3 Å². The fourth-order valence-corrected chi connectivity index (χ4v) is 11.0. The minimum absolute atomic E-state index is 0.0480. The maximum Gasteiger partial charge on any atom is 0.333 e. The van der Waals surface area contributed by atoms with Crippen molar-refractivity contribution in [2.45, 2.75) is 105 Å². The SMILES string of the molecule is CC(C)(C)c1ccc(N2c3ccc(C(C)(C)C)cc3B3c4c(cc(C(C)(C)C)cc42)-c2ccc(N(c4ccccc4)c4ccccc4-c4ccccc4)c4c5cc(C(C)(C)C)ccc5n3c24)cc1. The van der Waals surface area contributed by atoms with Gasteiger partial charge < -0.3 is 14.3 Å². The van der Waals surface area contributed by atoms with Gasteiger partial charge in [0, 0.05) is 55.7 Å². The van der Waals surface area contributed by atoms with Crippen LogP contribution in [0.5, 0.6) is 0 Å². The van der Waals surface area contributed by atoms with Gasteiger partial charge in [-0.2, -0.15) is 0 Å². The molecule has 338 valence electrons. The Bertz CT molecular complexity index is 3420.